The van der Waals surface area contributed by atoms with Crippen molar-refractivity contribution in [2.24, 2.45) is 11.7 Å². The van der Waals surface area contributed by atoms with Gasteiger partial charge in [-0.25, -0.2) is 0 Å². The maximum atomic E-state index is 5.99. The third-order valence-corrected chi connectivity index (χ3v) is 3.06. The van der Waals surface area contributed by atoms with Crippen molar-refractivity contribution >= 4 is 0 Å². The maximum absolute atomic E-state index is 5.99. The molecule has 0 aromatic carbocycles. The van der Waals surface area contributed by atoms with Crippen LogP contribution in [0.25, 0.3) is 0 Å². The van der Waals surface area contributed by atoms with E-state index in [9.17, 15) is 0 Å². The highest BCUT2D eigenvalue weighted by atomic mass is 16.5. The monoisotopic (exact) mass is 255 g/mol. The van der Waals surface area contributed by atoms with E-state index in [1.54, 1.807) is 0 Å². The van der Waals surface area contributed by atoms with Gasteiger partial charge in [0.25, 0.3) is 0 Å². The van der Waals surface area contributed by atoms with Crippen molar-refractivity contribution in [2.75, 3.05) is 6.61 Å². The summed E-state index contributed by atoms with van der Waals surface area (Å²) < 4.78 is 11.0. The summed E-state index contributed by atoms with van der Waals surface area (Å²) in [6.45, 7) is 12.6. The highest BCUT2D eigenvalue weighted by Gasteiger charge is 2.31. The molecule has 5 nitrogen and oxygen atoms in total. The Kier molecular flexibility index (Phi) is 4.87. The Morgan fingerprint density at radius 2 is 1.94 bits per heavy atom. The van der Waals surface area contributed by atoms with E-state index in [0.29, 0.717) is 24.2 Å². The molecule has 0 saturated heterocycles. The number of hydrogen-bond donors (Lipinski definition) is 1. The van der Waals surface area contributed by atoms with Gasteiger partial charge in [0.1, 0.15) is 5.60 Å². The molecule has 2 atom stereocenters. The van der Waals surface area contributed by atoms with E-state index in [2.05, 4.69) is 24.0 Å². The summed E-state index contributed by atoms with van der Waals surface area (Å²) in [7, 11) is 0. The van der Waals surface area contributed by atoms with Gasteiger partial charge in [-0.1, -0.05) is 19.0 Å². The number of hydrogen-bond acceptors (Lipinski definition) is 5. The predicted octanol–water partition coefficient (Wildman–Crippen LogP) is 2.43. The van der Waals surface area contributed by atoms with Gasteiger partial charge in [-0.2, -0.15) is 4.98 Å². The predicted molar refractivity (Wildman–Crippen MR) is 70.2 cm³/mol. The summed E-state index contributed by atoms with van der Waals surface area (Å²) in [6, 6.07) is -0.0199. The lowest BCUT2D eigenvalue weighted by Gasteiger charge is -2.21. The first-order valence-electron chi connectivity index (χ1n) is 6.53. The molecule has 1 aromatic rings. The normalized spacial score (nSPS) is 16.0. The average Bonchev–Trinajstić information content (AvgIpc) is 2.66. The summed E-state index contributed by atoms with van der Waals surface area (Å²) in [5, 5.41) is 4.03. The first-order chi connectivity index (χ1) is 8.29. The van der Waals surface area contributed by atoms with Crippen LogP contribution in [0.5, 0.6) is 0 Å². The van der Waals surface area contributed by atoms with Gasteiger partial charge in [0.15, 0.2) is 0 Å². The average molecular weight is 255 g/mol. The second-order valence-corrected chi connectivity index (χ2v) is 5.53. The molecule has 5 heteroatoms. The quantitative estimate of drug-likeness (QED) is 0.845. The molecule has 0 radical (unpaired) electrons. The molecule has 0 bridgehead atoms. The van der Waals surface area contributed by atoms with Gasteiger partial charge in [0.05, 0.1) is 5.92 Å². The molecule has 0 aliphatic rings. The van der Waals surface area contributed by atoms with Crippen LogP contribution in [0.15, 0.2) is 4.52 Å². The van der Waals surface area contributed by atoms with Crippen LogP contribution in [0.3, 0.4) is 0 Å². The van der Waals surface area contributed by atoms with Crippen LogP contribution in [-0.2, 0) is 10.3 Å². The Balaban J connectivity index is 2.98. The van der Waals surface area contributed by atoms with Crippen LogP contribution >= 0.6 is 0 Å². The summed E-state index contributed by atoms with van der Waals surface area (Å²) >= 11 is 0. The Labute approximate surface area is 109 Å². The van der Waals surface area contributed by atoms with Gasteiger partial charge in [0, 0.05) is 12.6 Å². The van der Waals surface area contributed by atoms with Gasteiger partial charge < -0.3 is 15.0 Å². The first kappa shape index (κ1) is 15.1. The Morgan fingerprint density at radius 1 is 1.33 bits per heavy atom. The molecule has 0 fully saturated rings. The summed E-state index contributed by atoms with van der Waals surface area (Å²) in [5.74, 6) is 1.60. The highest BCUT2D eigenvalue weighted by molar-refractivity contribution is 5.03. The van der Waals surface area contributed by atoms with Crippen LogP contribution in [0.1, 0.15) is 59.2 Å². The molecule has 0 aliphatic carbocycles. The molecule has 1 aromatic heterocycles. The molecular weight excluding hydrogens is 230 g/mol. The maximum Gasteiger partial charge on any atom is 0.231 e. The van der Waals surface area contributed by atoms with Crippen molar-refractivity contribution in [3.05, 3.63) is 11.7 Å². The van der Waals surface area contributed by atoms with Crippen molar-refractivity contribution in [1.29, 1.82) is 0 Å². The molecule has 2 unspecified atom stereocenters. The van der Waals surface area contributed by atoms with Crippen LogP contribution in [0, 0.1) is 5.92 Å². The SMILES string of the molecule is CCOC(C)(C)c1noc(C(C(C)C)C(C)N)n1. The molecule has 0 amide bonds. The molecule has 1 rings (SSSR count). The summed E-state index contributed by atoms with van der Waals surface area (Å²) in [5.41, 5.74) is 5.46. The molecule has 0 saturated carbocycles. The van der Waals surface area contributed by atoms with E-state index in [1.165, 1.54) is 0 Å². The minimum absolute atomic E-state index is 0.0199. The molecule has 0 aliphatic heterocycles. The Bertz CT molecular complexity index is 364. The third-order valence-electron chi connectivity index (χ3n) is 3.06. The molecular formula is C13H25N3O2. The van der Waals surface area contributed by atoms with Crippen LogP contribution in [-0.4, -0.2) is 22.8 Å². The van der Waals surface area contributed by atoms with Crippen molar-refractivity contribution in [2.45, 2.75) is 59.1 Å². The molecule has 18 heavy (non-hydrogen) atoms. The third kappa shape index (κ3) is 3.29. The van der Waals surface area contributed by atoms with Crippen LogP contribution in [0.4, 0.5) is 0 Å². The van der Waals surface area contributed by atoms with Crippen molar-refractivity contribution in [3.63, 3.8) is 0 Å². The molecule has 104 valence electrons. The zero-order chi connectivity index (χ0) is 13.9. The number of ether oxygens (including phenoxy) is 1. The smallest absolute Gasteiger partial charge is 0.231 e. The number of rotatable bonds is 6. The highest BCUT2D eigenvalue weighted by Crippen LogP contribution is 2.28. The standard InChI is InChI=1S/C13H25N3O2/c1-7-17-13(5,6)12-15-11(18-16-12)10(8(2)3)9(4)14/h8-10H,7,14H2,1-6H3. The van der Waals surface area contributed by atoms with Crippen LogP contribution < -0.4 is 5.73 Å². The van der Waals surface area contributed by atoms with E-state index < -0.39 is 5.60 Å². The largest absolute Gasteiger partial charge is 0.368 e. The lowest BCUT2D eigenvalue weighted by atomic mass is 9.90. The van der Waals surface area contributed by atoms with Gasteiger partial charge in [-0.3, -0.25) is 0 Å². The second-order valence-electron chi connectivity index (χ2n) is 5.53. The minimum Gasteiger partial charge on any atom is -0.368 e. The zero-order valence-corrected chi connectivity index (χ0v) is 12.2. The zero-order valence-electron chi connectivity index (χ0n) is 12.2. The van der Waals surface area contributed by atoms with Gasteiger partial charge in [-0.15, -0.1) is 0 Å². The lowest BCUT2D eigenvalue weighted by molar-refractivity contribution is -0.0221. The summed E-state index contributed by atoms with van der Waals surface area (Å²) in [6.07, 6.45) is 0. The van der Waals surface area contributed by atoms with Crippen LogP contribution in [0.2, 0.25) is 0 Å². The van der Waals surface area contributed by atoms with Gasteiger partial charge in [0.2, 0.25) is 11.7 Å². The minimum atomic E-state index is -0.532. The van der Waals surface area contributed by atoms with E-state index in [1.807, 2.05) is 27.7 Å². The molecule has 1 heterocycles. The van der Waals surface area contributed by atoms with Gasteiger partial charge >= 0.3 is 0 Å². The topological polar surface area (TPSA) is 74.2 Å². The summed E-state index contributed by atoms with van der Waals surface area (Å²) in [4.78, 5) is 4.46. The Hall–Kier alpha value is -0.940. The fourth-order valence-corrected chi connectivity index (χ4v) is 2.16. The van der Waals surface area contributed by atoms with Gasteiger partial charge in [-0.05, 0) is 33.6 Å². The molecule has 2 N–H and O–H groups in total. The number of aromatic nitrogens is 2. The van der Waals surface area contributed by atoms with Crippen molar-refractivity contribution < 1.29 is 9.26 Å². The number of nitrogens with two attached hydrogens (primary N) is 1. The van der Waals surface area contributed by atoms with Crippen molar-refractivity contribution in [1.82, 2.24) is 10.1 Å². The van der Waals surface area contributed by atoms with E-state index in [4.69, 9.17) is 15.0 Å². The lowest BCUT2D eigenvalue weighted by Crippen LogP contribution is -2.29. The van der Waals surface area contributed by atoms with Crippen molar-refractivity contribution in [3.8, 4) is 0 Å². The first-order valence-corrected chi connectivity index (χ1v) is 6.53. The van der Waals surface area contributed by atoms with E-state index in [0.717, 1.165) is 0 Å². The number of nitrogens with zero attached hydrogens (tertiary/aromatic N) is 2. The fraction of sp³-hybridized carbons (Fsp3) is 0.846. The molecule has 0 spiro atoms. The fourth-order valence-electron chi connectivity index (χ4n) is 2.16. The van der Waals surface area contributed by atoms with E-state index >= 15 is 0 Å². The Morgan fingerprint density at radius 3 is 2.39 bits per heavy atom. The van der Waals surface area contributed by atoms with E-state index in [-0.39, 0.29) is 12.0 Å². The second kappa shape index (κ2) is 5.80.